The minimum absolute atomic E-state index is 0.196. The molecular weight excluding hydrogens is 390 g/mol. The molecule has 4 rings (SSSR count). The van der Waals surface area contributed by atoms with E-state index >= 15 is 0 Å². The van der Waals surface area contributed by atoms with Crippen molar-refractivity contribution in [2.45, 2.75) is 26.4 Å². The first kappa shape index (κ1) is 20.6. The highest BCUT2D eigenvalue weighted by Gasteiger charge is 2.15. The lowest BCUT2D eigenvalue weighted by atomic mass is 10.0. The van der Waals surface area contributed by atoms with Crippen molar-refractivity contribution in [3.05, 3.63) is 66.5 Å². The Hall–Kier alpha value is -3.71. The van der Waals surface area contributed by atoms with E-state index in [1.54, 1.807) is 25.4 Å². The molecule has 2 heterocycles. The van der Waals surface area contributed by atoms with E-state index in [1.807, 2.05) is 43.3 Å². The van der Waals surface area contributed by atoms with E-state index in [4.69, 9.17) is 10.5 Å². The molecule has 0 fully saturated rings. The summed E-state index contributed by atoms with van der Waals surface area (Å²) in [5.41, 5.74) is 9.14. The number of anilines is 2. The predicted octanol–water partition coefficient (Wildman–Crippen LogP) is 4.56. The second-order valence-electron chi connectivity index (χ2n) is 7.44. The number of nitrogens with one attached hydrogen (secondary N) is 1. The van der Waals surface area contributed by atoms with Crippen molar-refractivity contribution >= 4 is 22.4 Å². The number of ether oxygens (including phenoxy) is 1. The van der Waals surface area contributed by atoms with Crippen LogP contribution in [0.3, 0.4) is 0 Å². The molecule has 0 saturated carbocycles. The monoisotopic (exact) mass is 415 g/mol. The minimum atomic E-state index is -0.345. The molecule has 0 unspecified atom stereocenters. The average molecular weight is 415 g/mol. The van der Waals surface area contributed by atoms with Gasteiger partial charge < -0.3 is 20.9 Å². The van der Waals surface area contributed by atoms with Gasteiger partial charge in [0.15, 0.2) is 0 Å². The van der Waals surface area contributed by atoms with Crippen LogP contribution in [-0.4, -0.2) is 32.7 Å². The van der Waals surface area contributed by atoms with E-state index in [1.165, 1.54) is 0 Å². The van der Waals surface area contributed by atoms with Gasteiger partial charge >= 0.3 is 0 Å². The highest BCUT2D eigenvalue weighted by Crippen LogP contribution is 2.38. The maximum absolute atomic E-state index is 9.54. The number of fused-ring (bicyclic) bond motifs is 1. The summed E-state index contributed by atoms with van der Waals surface area (Å²) in [6.07, 6.45) is 3.63. The zero-order valence-electron chi connectivity index (χ0n) is 17.5. The molecule has 158 valence electrons. The molecule has 0 saturated heterocycles. The quantitative estimate of drug-likeness (QED) is 0.406. The third-order valence-electron chi connectivity index (χ3n) is 5.01. The number of aliphatic hydroxyl groups excluding tert-OH is 1. The summed E-state index contributed by atoms with van der Waals surface area (Å²) in [5, 5.41) is 15.0. The van der Waals surface area contributed by atoms with E-state index in [2.05, 4.69) is 26.3 Å². The van der Waals surface area contributed by atoms with E-state index in [-0.39, 0.29) is 12.1 Å². The number of nitrogens with two attached hydrogens (primary N) is 1. The SMILES string of the molecule is Cc1ccc2c(NCC[C@H](C)O)cccc2c1Oc1ncccc1-c1ccnc(N)n1. The van der Waals surface area contributed by atoms with Crippen LogP contribution in [0.5, 0.6) is 11.6 Å². The van der Waals surface area contributed by atoms with Crippen LogP contribution in [-0.2, 0) is 0 Å². The van der Waals surface area contributed by atoms with Gasteiger partial charge in [0.25, 0.3) is 0 Å². The third-order valence-corrected chi connectivity index (χ3v) is 5.01. The zero-order valence-corrected chi connectivity index (χ0v) is 17.5. The highest BCUT2D eigenvalue weighted by atomic mass is 16.5. The Morgan fingerprint density at radius 2 is 1.90 bits per heavy atom. The van der Waals surface area contributed by atoms with Gasteiger partial charge in [0.2, 0.25) is 11.8 Å². The Morgan fingerprint density at radius 1 is 1.03 bits per heavy atom. The Kier molecular flexibility index (Phi) is 5.95. The molecule has 1 atom stereocenters. The van der Waals surface area contributed by atoms with E-state index in [0.717, 1.165) is 33.3 Å². The van der Waals surface area contributed by atoms with Gasteiger partial charge in [0, 0.05) is 35.4 Å². The summed E-state index contributed by atoms with van der Waals surface area (Å²) in [4.78, 5) is 12.7. The number of nitrogen functional groups attached to an aromatic ring is 1. The number of aryl methyl sites for hydroxylation is 1. The van der Waals surface area contributed by atoms with Crippen molar-refractivity contribution in [1.82, 2.24) is 15.0 Å². The molecule has 0 amide bonds. The fourth-order valence-corrected chi connectivity index (χ4v) is 3.43. The Morgan fingerprint density at radius 3 is 2.71 bits per heavy atom. The summed E-state index contributed by atoms with van der Waals surface area (Å²) < 4.78 is 6.37. The predicted molar refractivity (Wildman–Crippen MR) is 123 cm³/mol. The van der Waals surface area contributed by atoms with Crippen LogP contribution in [0.25, 0.3) is 22.0 Å². The topological polar surface area (TPSA) is 106 Å². The van der Waals surface area contributed by atoms with Crippen molar-refractivity contribution in [2.24, 2.45) is 0 Å². The van der Waals surface area contributed by atoms with Crippen LogP contribution in [0.2, 0.25) is 0 Å². The molecule has 7 heteroatoms. The van der Waals surface area contributed by atoms with E-state index in [9.17, 15) is 5.11 Å². The van der Waals surface area contributed by atoms with Crippen LogP contribution in [0.4, 0.5) is 11.6 Å². The fraction of sp³-hybridized carbons (Fsp3) is 0.208. The van der Waals surface area contributed by atoms with Crippen molar-refractivity contribution in [3.63, 3.8) is 0 Å². The second-order valence-corrected chi connectivity index (χ2v) is 7.44. The molecular formula is C24H25N5O2. The molecule has 31 heavy (non-hydrogen) atoms. The van der Waals surface area contributed by atoms with Crippen molar-refractivity contribution in [2.75, 3.05) is 17.6 Å². The molecule has 0 aliphatic heterocycles. The highest BCUT2D eigenvalue weighted by molar-refractivity contribution is 5.98. The number of pyridine rings is 1. The van der Waals surface area contributed by atoms with Gasteiger partial charge in [-0.05, 0) is 50.1 Å². The number of hydrogen-bond acceptors (Lipinski definition) is 7. The first-order valence-electron chi connectivity index (χ1n) is 10.2. The molecule has 7 nitrogen and oxygen atoms in total. The maximum Gasteiger partial charge on any atom is 0.228 e. The van der Waals surface area contributed by atoms with Crippen molar-refractivity contribution < 1.29 is 9.84 Å². The fourth-order valence-electron chi connectivity index (χ4n) is 3.43. The number of nitrogens with zero attached hydrogens (tertiary/aromatic N) is 3. The molecule has 0 aliphatic carbocycles. The normalized spacial score (nSPS) is 12.0. The lowest BCUT2D eigenvalue weighted by Crippen LogP contribution is -2.09. The average Bonchev–Trinajstić information content (AvgIpc) is 2.76. The third kappa shape index (κ3) is 4.57. The van der Waals surface area contributed by atoms with E-state index in [0.29, 0.717) is 24.5 Å². The standard InChI is InChI=1S/C24H25N5O2/c1-15-8-9-17-18(5-3-7-20(17)26-13-10-16(2)30)22(15)31-23-19(6-4-12-27-23)21-11-14-28-24(25)29-21/h3-9,11-12,14,16,26,30H,10,13H2,1-2H3,(H2,25,28,29)/t16-/m0/s1. The van der Waals surface area contributed by atoms with Crippen LogP contribution < -0.4 is 15.8 Å². The second kappa shape index (κ2) is 8.97. The first-order valence-corrected chi connectivity index (χ1v) is 10.2. The number of hydrogen-bond donors (Lipinski definition) is 3. The summed E-state index contributed by atoms with van der Waals surface area (Å²) in [6.45, 7) is 4.48. The van der Waals surface area contributed by atoms with Gasteiger partial charge in [0.05, 0.1) is 17.4 Å². The summed E-state index contributed by atoms with van der Waals surface area (Å²) in [7, 11) is 0. The Labute approximate surface area is 181 Å². The van der Waals surface area contributed by atoms with Gasteiger partial charge in [-0.2, -0.15) is 0 Å². The molecule has 0 spiro atoms. The lowest BCUT2D eigenvalue weighted by Gasteiger charge is -2.16. The molecule has 2 aromatic carbocycles. The van der Waals surface area contributed by atoms with Gasteiger partial charge in [-0.15, -0.1) is 0 Å². The van der Waals surface area contributed by atoms with Crippen molar-refractivity contribution in [3.8, 4) is 22.9 Å². The van der Waals surface area contributed by atoms with E-state index < -0.39 is 0 Å². The Balaban J connectivity index is 1.74. The van der Waals surface area contributed by atoms with Gasteiger partial charge in [0.1, 0.15) is 5.75 Å². The summed E-state index contributed by atoms with van der Waals surface area (Å²) in [5.74, 6) is 1.38. The van der Waals surface area contributed by atoms with Gasteiger partial charge in [-0.25, -0.2) is 15.0 Å². The Bertz CT molecular complexity index is 1210. The van der Waals surface area contributed by atoms with Crippen LogP contribution in [0, 0.1) is 6.92 Å². The molecule has 0 radical (unpaired) electrons. The number of rotatable bonds is 7. The number of benzene rings is 2. The van der Waals surface area contributed by atoms with Gasteiger partial charge in [-0.1, -0.05) is 24.3 Å². The lowest BCUT2D eigenvalue weighted by molar-refractivity contribution is 0.189. The van der Waals surface area contributed by atoms with Gasteiger partial charge in [-0.3, -0.25) is 0 Å². The molecule has 4 N–H and O–H groups in total. The van der Waals surface area contributed by atoms with Crippen LogP contribution in [0.15, 0.2) is 60.9 Å². The molecule has 2 aromatic heterocycles. The first-order chi connectivity index (χ1) is 15.0. The molecule has 0 bridgehead atoms. The van der Waals surface area contributed by atoms with Crippen molar-refractivity contribution in [1.29, 1.82) is 0 Å². The minimum Gasteiger partial charge on any atom is -0.437 e. The maximum atomic E-state index is 9.54. The van der Waals surface area contributed by atoms with Crippen LogP contribution >= 0.6 is 0 Å². The largest absolute Gasteiger partial charge is 0.437 e. The number of aromatic nitrogens is 3. The summed E-state index contributed by atoms with van der Waals surface area (Å²) in [6, 6.07) is 15.7. The van der Waals surface area contributed by atoms with Crippen LogP contribution in [0.1, 0.15) is 18.9 Å². The zero-order chi connectivity index (χ0) is 21.8. The number of aliphatic hydroxyl groups is 1. The summed E-state index contributed by atoms with van der Waals surface area (Å²) >= 11 is 0. The smallest absolute Gasteiger partial charge is 0.228 e. The molecule has 4 aromatic rings. The molecule has 0 aliphatic rings.